The van der Waals surface area contributed by atoms with Crippen LogP contribution in [0.4, 0.5) is 5.95 Å². The minimum absolute atomic E-state index is 0.408. The van der Waals surface area contributed by atoms with Gasteiger partial charge in [0.15, 0.2) is 5.65 Å². The average Bonchev–Trinajstić information content (AvgIpc) is 2.74. The Morgan fingerprint density at radius 2 is 2.00 bits per heavy atom. The van der Waals surface area contributed by atoms with Crippen molar-refractivity contribution in [1.29, 1.82) is 0 Å². The van der Waals surface area contributed by atoms with E-state index in [0.29, 0.717) is 5.95 Å². The Hall–Kier alpha value is -2.08. The van der Waals surface area contributed by atoms with Crippen molar-refractivity contribution in [1.82, 2.24) is 14.5 Å². The summed E-state index contributed by atoms with van der Waals surface area (Å²) in [6.07, 6.45) is 1.73. The molecule has 0 amide bonds. The molecule has 6 heteroatoms. The molecule has 0 aliphatic carbocycles. The summed E-state index contributed by atoms with van der Waals surface area (Å²) < 4.78 is 7.82. The Morgan fingerprint density at radius 1 is 1.26 bits per heavy atom. The Kier molecular flexibility index (Phi) is 2.87. The lowest BCUT2D eigenvalue weighted by Crippen LogP contribution is -2.01. The summed E-state index contributed by atoms with van der Waals surface area (Å²) in [5, 5.41) is 0. The molecule has 2 N–H and O–H groups in total. The van der Waals surface area contributed by atoms with Crippen LogP contribution in [-0.2, 0) is 0 Å². The molecule has 0 atom stereocenters. The van der Waals surface area contributed by atoms with Gasteiger partial charge in [-0.2, -0.15) is 0 Å². The number of imidazole rings is 1. The third-order valence-corrected chi connectivity index (χ3v) is 3.25. The van der Waals surface area contributed by atoms with Gasteiger partial charge in [-0.25, -0.2) is 9.97 Å². The lowest BCUT2D eigenvalue weighted by atomic mass is 10.3. The molecule has 3 rings (SSSR count). The number of hydrogen-bond acceptors (Lipinski definition) is 4. The Labute approximate surface area is 118 Å². The number of halogens is 1. The van der Waals surface area contributed by atoms with E-state index in [1.807, 2.05) is 30.3 Å². The molecule has 0 aliphatic rings. The van der Waals surface area contributed by atoms with E-state index in [0.717, 1.165) is 27.1 Å². The number of benzene rings is 1. The molecule has 96 valence electrons. The van der Waals surface area contributed by atoms with Gasteiger partial charge in [-0.3, -0.25) is 4.57 Å². The number of rotatable bonds is 2. The van der Waals surface area contributed by atoms with Crippen LogP contribution in [-0.4, -0.2) is 21.6 Å². The predicted octanol–water partition coefficient (Wildman–Crippen LogP) is 2.77. The second-order valence-electron chi connectivity index (χ2n) is 4.00. The normalized spacial score (nSPS) is 10.8. The van der Waals surface area contributed by atoms with Gasteiger partial charge in [0.05, 0.1) is 12.8 Å². The first-order valence-corrected chi connectivity index (χ1v) is 6.42. The Balaban J connectivity index is 2.20. The van der Waals surface area contributed by atoms with Crippen LogP contribution in [0, 0.1) is 0 Å². The molecule has 0 saturated heterocycles. The van der Waals surface area contributed by atoms with E-state index in [4.69, 9.17) is 10.5 Å². The number of nitrogens with two attached hydrogens (primary N) is 1. The van der Waals surface area contributed by atoms with Gasteiger partial charge in [0.1, 0.15) is 11.3 Å². The van der Waals surface area contributed by atoms with Crippen LogP contribution in [0.25, 0.3) is 16.9 Å². The topological polar surface area (TPSA) is 66.0 Å². The van der Waals surface area contributed by atoms with Crippen LogP contribution in [0.1, 0.15) is 0 Å². The van der Waals surface area contributed by atoms with Crippen LogP contribution in [0.15, 0.2) is 41.0 Å². The zero-order valence-electron chi connectivity index (χ0n) is 10.2. The first-order chi connectivity index (χ1) is 9.19. The van der Waals surface area contributed by atoms with E-state index < -0.39 is 0 Å². The number of pyridine rings is 1. The summed E-state index contributed by atoms with van der Waals surface area (Å²) in [6.45, 7) is 0. The van der Waals surface area contributed by atoms with E-state index in [9.17, 15) is 0 Å². The van der Waals surface area contributed by atoms with Gasteiger partial charge < -0.3 is 10.5 Å². The summed E-state index contributed by atoms with van der Waals surface area (Å²) >= 11 is 3.37. The van der Waals surface area contributed by atoms with E-state index in [1.54, 1.807) is 17.9 Å². The molecular formula is C13H11BrN4O. The SMILES string of the molecule is COc1ccc(-n2c(N)nc3cc(Br)cnc32)cc1. The molecule has 0 bridgehead atoms. The van der Waals surface area contributed by atoms with Crippen molar-refractivity contribution >= 4 is 33.0 Å². The first kappa shape index (κ1) is 12.0. The van der Waals surface area contributed by atoms with Gasteiger partial charge in [-0.05, 0) is 46.3 Å². The lowest BCUT2D eigenvalue weighted by Gasteiger charge is -2.06. The summed E-state index contributed by atoms with van der Waals surface area (Å²) in [5.74, 6) is 1.20. The van der Waals surface area contributed by atoms with Crippen molar-refractivity contribution in [3.05, 3.63) is 41.0 Å². The highest BCUT2D eigenvalue weighted by molar-refractivity contribution is 9.10. The highest BCUT2D eigenvalue weighted by Gasteiger charge is 2.11. The molecule has 0 fully saturated rings. The zero-order valence-corrected chi connectivity index (χ0v) is 11.8. The summed E-state index contributed by atoms with van der Waals surface area (Å²) in [4.78, 5) is 8.67. The molecule has 2 aromatic heterocycles. The molecule has 1 aromatic carbocycles. The molecule has 2 heterocycles. The maximum Gasteiger partial charge on any atom is 0.207 e. The molecule has 0 aliphatic heterocycles. The predicted molar refractivity (Wildman–Crippen MR) is 77.5 cm³/mol. The minimum atomic E-state index is 0.408. The monoisotopic (exact) mass is 318 g/mol. The van der Waals surface area contributed by atoms with Gasteiger partial charge in [-0.15, -0.1) is 0 Å². The number of fused-ring (bicyclic) bond motifs is 1. The summed E-state index contributed by atoms with van der Waals surface area (Å²) in [7, 11) is 1.63. The van der Waals surface area contributed by atoms with Crippen molar-refractivity contribution < 1.29 is 4.74 Å². The number of ether oxygens (including phenoxy) is 1. The van der Waals surface area contributed by atoms with Crippen LogP contribution in [0.2, 0.25) is 0 Å². The van der Waals surface area contributed by atoms with Crippen LogP contribution < -0.4 is 10.5 Å². The van der Waals surface area contributed by atoms with Crippen LogP contribution in [0.3, 0.4) is 0 Å². The molecule has 3 aromatic rings. The van der Waals surface area contributed by atoms with E-state index in [2.05, 4.69) is 25.9 Å². The van der Waals surface area contributed by atoms with Crippen molar-refractivity contribution in [3.63, 3.8) is 0 Å². The molecular weight excluding hydrogens is 308 g/mol. The van der Waals surface area contributed by atoms with E-state index >= 15 is 0 Å². The van der Waals surface area contributed by atoms with Crippen molar-refractivity contribution in [3.8, 4) is 11.4 Å². The third-order valence-electron chi connectivity index (χ3n) is 2.82. The third kappa shape index (κ3) is 2.04. The van der Waals surface area contributed by atoms with Gasteiger partial charge >= 0.3 is 0 Å². The van der Waals surface area contributed by atoms with Crippen LogP contribution >= 0.6 is 15.9 Å². The number of anilines is 1. The van der Waals surface area contributed by atoms with Gasteiger partial charge in [0.25, 0.3) is 0 Å². The largest absolute Gasteiger partial charge is 0.497 e. The quantitative estimate of drug-likeness (QED) is 0.789. The lowest BCUT2D eigenvalue weighted by molar-refractivity contribution is 0.415. The Bertz CT molecular complexity index is 736. The molecule has 5 nitrogen and oxygen atoms in total. The fourth-order valence-corrected chi connectivity index (χ4v) is 2.26. The molecule has 19 heavy (non-hydrogen) atoms. The fraction of sp³-hybridized carbons (Fsp3) is 0.0769. The zero-order chi connectivity index (χ0) is 13.4. The van der Waals surface area contributed by atoms with Crippen molar-refractivity contribution in [2.45, 2.75) is 0 Å². The Morgan fingerprint density at radius 3 is 2.68 bits per heavy atom. The molecule has 0 unspecified atom stereocenters. The highest BCUT2D eigenvalue weighted by atomic mass is 79.9. The average molecular weight is 319 g/mol. The standard InChI is InChI=1S/C13H11BrN4O/c1-19-10-4-2-9(3-5-10)18-12-11(17-13(18)15)6-8(14)7-16-12/h2-7H,1H3,(H2,15,17). The van der Waals surface area contributed by atoms with E-state index in [-0.39, 0.29) is 0 Å². The summed E-state index contributed by atoms with van der Waals surface area (Å²) in [5.41, 5.74) is 8.35. The fourth-order valence-electron chi connectivity index (χ4n) is 1.94. The number of nitrogens with zero attached hydrogens (tertiary/aromatic N) is 3. The second-order valence-corrected chi connectivity index (χ2v) is 4.92. The minimum Gasteiger partial charge on any atom is -0.497 e. The number of aromatic nitrogens is 3. The van der Waals surface area contributed by atoms with Gasteiger partial charge in [0, 0.05) is 10.7 Å². The van der Waals surface area contributed by atoms with Gasteiger partial charge in [-0.1, -0.05) is 0 Å². The second kappa shape index (κ2) is 4.55. The number of nitrogen functional groups attached to an aromatic ring is 1. The molecule has 0 radical (unpaired) electrons. The van der Waals surface area contributed by atoms with Crippen molar-refractivity contribution in [2.75, 3.05) is 12.8 Å². The molecule has 0 saturated carbocycles. The first-order valence-electron chi connectivity index (χ1n) is 5.63. The van der Waals surface area contributed by atoms with Gasteiger partial charge in [0.2, 0.25) is 5.95 Å². The smallest absolute Gasteiger partial charge is 0.207 e. The molecule has 0 spiro atoms. The number of methoxy groups -OCH3 is 1. The maximum absolute atomic E-state index is 5.97. The highest BCUT2D eigenvalue weighted by Crippen LogP contribution is 2.24. The maximum atomic E-state index is 5.97. The number of hydrogen-bond donors (Lipinski definition) is 1. The van der Waals surface area contributed by atoms with Crippen LogP contribution in [0.5, 0.6) is 5.75 Å². The summed E-state index contributed by atoms with van der Waals surface area (Å²) in [6, 6.07) is 9.47. The van der Waals surface area contributed by atoms with Crippen molar-refractivity contribution in [2.24, 2.45) is 0 Å². The van der Waals surface area contributed by atoms with E-state index in [1.165, 1.54) is 0 Å².